The van der Waals surface area contributed by atoms with E-state index in [-0.39, 0.29) is 18.1 Å². The molecular formula is C19H15ClO4S. The lowest BCUT2D eigenvalue weighted by molar-refractivity contribution is -0.0902. The lowest BCUT2D eigenvalue weighted by atomic mass is 10.1. The largest absolute Gasteiger partial charge is 0.331 e. The molecule has 1 heterocycles. The van der Waals surface area contributed by atoms with Crippen LogP contribution in [0.2, 0.25) is 5.02 Å². The molecule has 3 aromatic carbocycles. The van der Waals surface area contributed by atoms with Gasteiger partial charge in [-0.3, -0.25) is 0 Å². The SMILES string of the molecule is O=S(=O)(c1ccc(Cl)c2ccccc12)C1(c2ccccc2)OCCO1. The van der Waals surface area contributed by atoms with Gasteiger partial charge in [0.05, 0.1) is 18.1 Å². The molecule has 0 atom stereocenters. The first-order valence-corrected chi connectivity index (χ1v) is 9.68. The zero-order valence-electron chi connectivity index (χ0n) is 13.2. The molecule has 0 N–H and O–H groups in total. The molecule has 0 spiro atoms. The van der Waals surface area contributed by atoms with Crippen molar-refractivity contribution >= 4 is 32.2 Å². The van der Waals surface area contributed by atoms with Gasteiger partial charge in [0.2, 0.25) is 9.84 Å². The first-order valence-electron chi connectivity index (χ1n) is 7.81. The molecule has 1 saturated heterocycles. The zero-order chi connectivity index (χ0) is 17.5. The van der Waals surface area contributed by atoms with E-state index in [2.05, 4.69) is 0 Å². The Bertz CT molecular complexity index is 1030. The summed E-state index contributed by atoms with van der Waals surface area (Å²) in [6.07, 6.45) is 0. The van der Waals surface area contributed by atoms with Crippen LogP contribution in [0.15, 0.2) is 71.6 Å². The first-order chi connectivity index (χ1) is 12.1. The molecule has 6 heteroatoms. The minimum absolute atomic E-state index is 0.137. The van der Waals surface area contributed by atoms with Crippen molar-refractivity contribution in [3.63, 3.8) is 0 Å². The Morgan fingerprint density at radius 2 is 1.40 bits per heavy atom. The standard InChI is InChI=1S/C19H15ClO4S/c20-17-10-11-18(16-9-5-4-8-15(16)17)25(21,22)19(23-12-13-24-19)14-6-2-1-3-7-14/h1-11H,12-13H2. The van der Waals surface area contributed by atoms with Gasteiger partial charge >= 0.3 is 5.12 Å². The van der Waals surface area contributed by atoms with Crippen molar-refractivity contribution in [3.8, 4) is 0 Å². The van der Waals surface area contributed by atoms with E-state index in [1.165, 1.54) is 6.07 Å². The summed E-state index contributed by atoms with van der Waals surface area (Å²) in [6, 6.07) is 19.0. The first kappa shape index (κ1) is 16.5. The molecule has 0 unspecified atom stereocenters. The second-order valence-corrected chi connectivity index (χ2v) is 8.11. The van der Waals surface area contributed by atoms with E-state index < -0.39 is 15.0 Å². The van der Waals surface area contributed by atoms with Crippen molar-refractivity contribution in [1.29, 1.82) is 0 Å². The Hall–Kier alpha value is -1.92. The van der Waals surface area contributed by atoms with Gasteiger partial charge in [-0.25, -0.2) is 8.42 Å². The van der Waals surface area contributed by atoms with E-state index in [0.29, 0.717) is 21.4 Å². The van der Waals surface area contributed by atoms with Gasteiger partial charge in [0.1, 0.15) is 0 Å². The predicted octanol–water partition coefficient (Wildman–Crippen LogP) is 4.12. The molecule has 0 aromatic heterocycles. The summed E-state index contributed by atoms with van der Waals surface area (Å²) in [5.41, 5.74) is 0.450. The number of hydrogen-bond donors (Lipinski definition) is 0. The molecule has 0 amide bonds. The second-order valence-electron chi connectivity index (χ2n) is 5.71. The molecule has 128 valence electrons. The van der Waals surface area contributed by atoms with Gasteiger partial charge in [0.15, 0.2) is 0 Å². The summed E-state index contributed by atoms with van der Waals surface area (Å²) in [6.45, 7) is 0.416. The molecule has 1 fully saturated rings. The lowest BCUT2D eigenvalue weighted by Gasteiger charge is -2.28. The summed E-state index contributed by atoms with van der Waals surface area (Å²) in [4.78, 5) is 0.137. The Labute approximate surface area is 150 Å². The molecule has 0 bridgehead atoms. The average Bonchev–Trinajstić information content (AvgIpc) is 3.14. The Morgan fingerprint density at radius 1 is 0.800 bits per heavy atom. The fourth-order valence-corrected chi connectivity index (χ4v) is 5.28. The number of ether oxygens (including phenoxy) is 2. The fourth-order valence-electron chi connectivity index (χ4n) is 3.13. The van der Waals surface area contributed by atoms with Crippen molar-refractivity contribution in [2.24, 2.45) is 0 Å². The monoisotopic (exact) mass is 374 g/mol. The highest BCUT2D eigenvalue weighted by Gasteiger charge is 2.52. The summed E-state index contributed by atoms with van der Waals surface area (Å²) in [5.74, 6) is 0. The minimum atomic E-state index is -4.00. The van der Waals surface area contributed by atoms with Crippen molar-refractivity contribution in [3.05, 3.63) is 77.3 Å². The summed E-state index contributed by atoms with van der Waals surface area (Å²) < 4.78 is 38.5. The second kappa shape index (κ2) is 6.11. The molecule has 1 aliphatic heterocycles. The van der Waals surface area contributed by atoms with Crippen LogP contribution in [0.1, 0.15) is 5.56 Å². The number of rotatable bonds is 3. The van der Waals surface area contributed by atoms with Crippen LogP contribution in [0.25, 0.3) is 10.8 Å². The van der Waals surface area contributed by atoms with Crippen LogP contribution in [0.5, 0.6) is 0 Å². The number of halogens is 1. The molecule has 1 aliphatic rings. The number of benzene rings is 3. The van der Waals surface area contributed by atoms with Gasteiger partial charge in [-0.05, 0) is 12.1 Å². The summed E-state index contributed by atoms with van der Waals surface area (Å²) in [7, 11) is -4.00. The lowest BCUT2D eigenvalue weighted by Crippen LogP contribution is -2.37. The molecule has 0 radical (unpaired) electrons. The highest BCUT2D eigenvalue weighted by Crippen LogP contribution is 2.43. The molecule has 0 saturated carbocycles. The summed E-state index contributed by atoms with van der Waals surface area (Å²) in [5, 5.41) is -0.127. The highest BCUT2D eigenvalue weighted by molar-refractivity contribution is 7.92. The van der Waals surface area contributed by atoms with Gasteiger partial charge in [-0.1, -0.05) is 66.2 Å². The number of fused-ring (bicyclic) bond motifs is 1. The van der Waals surface area contributed by atoms with E-state index >= 15 is 0 Å². The van der Waals surface area contributed by atoms with Crippen LogP contribution < -0.4 is 0 Å². The molecule has 4 rings (SSSR count). The third-order valence-electron chi connectivity index (χ3n) is 4.27. The molecule has 25 heavy (non-hydrogen) atoms. The van der Waals surface area contributed by atoms with Crippen LogP contribution in [0.3, 0.4) is 0 Å². The maximum Gasteiger partial charge on any atom is 0.306 e. The van der Waals surface area contributed by atoms with Gasteiger partial charge in [-0.15, -0.1) is 0 Å². The van der Waals surface area contributed by atoms with Crippen LogP contribution >= 0.6 is 11.6 Å². The zero-order valence-corrected chi connectivity index (χ0v) is 14.8. The third-order valence-corrected chi connectivity index (χ3v) is 6.71. The maximum atomic E-state index is 13.6. The highest BCUT2D eigenvalue weighted by atomic mass is 35.5. The van der Waals surface area contributed by atoms with Gasteiger partial charge < -0.3 is 9.47 Å². The molecule has 4 nitrogen and oxygen atoms in total. The molecule has 0 aliphatic carbocycles. The minimum Gasteiger partial charge on any atom is -0.331 e. The normalized spacial score (nSPS) is 17.0. The van der Waals surface area contributed by atoms with Gasteiger partial charge in [0.25, 0.3) is 0 Å². The number of sulfone groups is 1. The van der Waals surface area contributed by atoms with E-state index in [1.807, 2.05) is 12.1 Å². The van der Waals surface area contributed by atoms with Crippen LogP contribution in [-0.4, -0.2) is 21.6 Å². The van der Waals surface area contributed by atoms with Crippen LogP contribution in [0.4, 0.5) is 0 Å². The predicted molar refractivity (Wildman–Crippen MR) is 96.2 cm³/mol. The Morgan fingerprint density at radius 3 is 2.08 bits per heavy atom. The van der Waals surface area contributed by atoms with E-state index in [0.717, 1.165) is 0 Å². The van der Waals surface area contributed by atoms with Crippen molar-refractivity contribution in [2.75, 3.05) is 13.2 Å². The van der Waals surface area contributed by atoms with E-state index in [1.54, 1.807) is 48.5 Å². The average molecular weight is 375 g/mol. The van der Waals surface area contributed by atoms with Gasteiger partial charge in [-0.2, -0.15) is 0 Å². The van der Waals surface area contributed by atoms with E-state index in [9.17, 15) is 8.42 Å². The maximum absolute atomic E-state index is 13.6. The topological polar surface area (TPSA) is 52.6 Å². The molecule has 3 aromatic rings. The van der Waals surface area contributed by atoms with E-state index in [4.69, 9.17) is 21.1 Å². The van der Waals surface area contributed by atoms with Crippen LogP contribution in [0, 0.1) is 0 Å². The van der Waals surface area contributed by atoms with Crippen LogP contribution in [-0.2, 0) is 24.4 Å². The third kappa shape index (κ3) is 2.47. The van der Waals surface area contributed by atoms with Crippen molar-refractivity contribution < 1.29 is 17.9 Å². The smallest absolute Gasteiger partial charge is 0.306 e. The Kier molecular flexibility index (Phi) is 4.04. The Balaban J connectivity index is 2.00. The number of hydrogen-bond acceptors (Lipinski definition) is 4. The quantitative estimate of drug-likeness (QED) is 0.691. The van der Waals surface area contributed by atoms with Crippen molar-refractivity contribution in [2.45, 2.75) is 10.0 Å². The molecular weight excluding hydrogens is 360 g/mol. The summed E-state index contributed by atoms with van der Waals surface area (Å²) >= 11 is 6.23. The fraction of sp³-hybridized carbons (Fsp3) is 0.158. The van der Waals surface area contributed by atoms with Gasteiger partial charge in [0, 0.05) is 21.4 Å². The van der Waals surface area contributed by atoms with Crippen molar-refractivity contribution in [1.82, 2.24) is 0 Å².